The van der Waals surface area contributed by atoms with Gasteiger partial charge in [-0.3, -0.25) is 0 Å². The fraction of sp³-hybridized carbons (Fsp3) is 0.170. The zero-order valence-electron chi connectivity index (χ0n) is 62.4. The second-order valence-corrected chi connectivity index (χ2v) is 34.3. The highest BCUT2D eigenvalue weighted by Gasteiger charge is 2.43. The van der Waals surface area contributed by atoms with E-state index in [9.17, 15) is 0 Å². The number of hydrogen-bond acceptors (Lipinski definition) is 0. The lowest BCUT2D eigenvalue weighted by molar-refractivity contribution is 0.500. The third-order valence-corrected chi connectivity index (χ3v) is 25.4. The maximum atomic E-state index is 2.49. The number of benzene rings is 11. The van der Waals surface area contributed by atoms with Crippen molar-refractivity contribution in [3.05, 3.63) is 393 Å². The minimum absolute atomic E-state index is 0.113. The van der Waals surface area contributed by atoms with Crippen molar-refractivity contribution in [3.8, 4) is 111 Å². The van der Waals surface area contributed by atoms with E-state index in [1.54, 1.807) is 0 Å². The summed E-state index contributed by atoms with van der Waals surface area (Å²) < 4.78 is 0. The van der Waals surface area contributed by atoms with E-state index >= 15 is 0 Å². The van der Waals surface area contributed by atoms with Gasteiger partial charge in [0.25, 0.3) is 0 Å². The van der Waals surface area contributed by atoms with Gasteiger partial charge in [-0.2, -0.15) is 0 Å². The lowest BCUT2D eigenvalue weighted by Gasteiger charge is -2.42. The van der Waals surface area contributed by atoms with Gasteiger partial charge < -0.3 is 0 Å². The first kappa shape index (κ1) is 64.2. The van der Waals surface area contributed by atoms with Crippen molar-refractivity contribution in [2.24, 2.45) is 22.7 Å². The summed E-state index contributed by atoms with van der Waals surface area (Å²) in [7, 11) is 0. The van der Waals surface area contributed by atoms with E-state index in [-0.39, 0.29) is 21.7 Å². The first-order valence-corrected chi connectivity index (χ1v) is 38.4. The van der Waals surface area contributed by atoms with Crippen molar-refractivity contribution in [3.63, 3.8) is 0 Å². The molecule has 3 atom stereocenters. The molecule has 20 rings (SSSR count). The largest absolute Gasteiger partial charge is 0.0759 e. The molecule has 0 nitrogen and oxygen atoms in total. The van der Waals surface area contributed by atoms with Gasteiger partial charge in [-0.1, -0.05) is 354 Å². The van der Waals surface area contributed by atoms with Gasteiger partial charge in [0, 0.05) is 28.6 Å². The molecule has 0 saturated heterocycles. The molecule has 0 radical (unpaired) electrons. The molecule has 106 heavy (non-hydrogen) atoms. The summed E-state index contributed by atoms with van der Waals surface area (Å²) in [4.78, 5) is 0. The Labute approximate surface area is 626 Å². The third kappa shape index (κ3) is 10.3. The Kier molecular flexibility index (Phi) is 14.2. The Bertz CT molecular complexity index is 6000. The van der Waals surface area contributed by atoms with Crippen LogP contribution in [-0.2, 0) is 17.3 Å². The molecule has 9 aliphatic rings. The van der Waals surface area contributed by atoms with Crippen molar-refractivity contribution in [2.75, 3.05) is 0 Å². The number of allylic oxidation sites excluding steroid dienone is 21. The van der Waals surface area contributed by atoms with Crippen LogP contribution in [0.15, 0.2) is 348 Å². The van der Waals surface area contributed by atoms with Crippen molar-refractivity contribution < 1.29 is 0 Å². The Morgan fingerprint density at radius 3 is 1.06 bits per heavy atom. The molecule has 510 valence electrons. The van der Waals surface area contributed by atoms with Crippen LogP contribution in [0.1, 0.15) is 120 Å². The SMILES string of the molecule is CC(C)(C)C1=CC2=CCc3c(-c4ccc(-c5ccc(-c6ccc(-c7ccc8c(c7)C(C)(C)c7cc(-c9ccc%10c(c9)C(C)(C)c9cc(-c%11ccc(-c%12ccc(-c%13ccc(C%14=CC=C%15C=CC%16=CC(C(C)(C)C)=CC%17=CC=C%14C%15C%17%16)cc%13)cc%12)cc%11)ccc9-%10)ccc7-8)cc6)cc5)cc4)ccc4c3C2C(=C1)C=C4. The highest BCUT2D eigenvalue weighted by Crippen LogP contribution is 2.57. The Morgan fingerprint density at radius 2 is 0.623 bits per heavy atom. The van der Waals surface area contributed by atoms with Crippen LogP contribution in [0, 0.1) is 22.7 Å². The van der Waals surface area contributed by atoms with Gasteiger partial charge in [-0.05, 0) is 247 Å². The maximum Gasteiger partial charge on any atom is 0.0346 e. The summed E-state index contributed by atoms with van der Waals surface area (Å²) in [5.74, 6) is 1.07. The fourth-order valence-corrected chi connectivity index (χ4v) is 19.2. The second kappa shape index (κ2) is 23.5. The summed E-state index contributed by atoms with van der Waals surface area (Å²) in [5.41, 5.74) is 49.1. The van der Waals surface area contributed by atoms with E-state index in [2.05, 4.69) is 379 Å². The molecule has 0 N–H and O–H groups in total. The van der Waals surface area contributed by atoms with E-state index in [1.807, 2.05) is 0 Å². The summed E-state index contributed by atoms with van der Waals surface area (Å²) in [6, 6.07) is 88.4. The Balaban J connectivity index is 0.487. The molecule has 9 aliphatic carbocycles. The van der Waals surface area contributed by atoms with Crippen molar-refractivity contribution >= 4 is 11.6 Å². The highest BCUT2D eigenvalue weighted by atomic mass is 14.5. The molecule has 0 aromatic heterocycles. The van der Waals surface area contributed by atoms with Gasteiger partial charge in [-0.25, -0.2) is 0 Å². The fourth-order valence-electron chi connectivity index (χ4n) is 19.2. The van der Waals surface area contributed by atoms with Crippen molar-refractivity contribution in [2.45, 2.75) is 92.4 Å². The highest BCUT2D eigenvalue weighted by molar-refractivity contribution is 5.92. The first-order chi connectivity index (χ1) is 51.2. The molecule has 0 heterocycles. The van der Waals surface area contributed by atoms with Crippen LogP contribution in [-0.4, -0.2) is 0 Å². The average Bonchev–Trinajstić information content (AvgIpc) is 1.34. The predicted molar refractivity (Wildman–Crippen MR) is 448 cm³/mol. The van der Waals surface area contributed by atoms with Crippen LogP contribution in [0.4, 0.5) is 0 Å². The molecule has 11 aromatic rings. The molecule has 0 saturated carbocycles. The number of fused-ring (bicyclic) bond motifs is 6. The van der Waals surface area contributed by atoms with Crippen LogP contribution in [0.5, 0.6) is 0 Å². The average molecular weight is 1360 g/mol. The summed E-state index contributed by atoms with van der Waals surface area (Å²) in [5, 5.41) is 0. The van der Waals surface area contributed by atoms with Crippen LogP contribution < -0.4 is 0 Å². The molecule has 0 bridgehead atoms. The summed E-state index contributed by atoms with van der Waals surface area (Å²) in [6.07, 6.45) is 32.1. The first-order valence-electron chi connectivity index (χ1n) is 38.4. The molecule has 0 amide bonds. The minimum Gasteiger partial charge on any atom is -0.0759 e. The van der Waals surface area contributed by atoms with Gasteiger partial charge >= 0.3 is 0 Å². The quantitative estimate of drug-likeness (QED) is 0.135. The third-order valence-electron chi connectivity index (χ3n) is 25.4. The smallest absolute Gasteiger partial charge is 0.0346 e. The van der Waals surface area contributed by atoms with Gasteiger partial charge in [-0.15, -0.1) is 0 Å². The Morgan fingerprint density at radius 1 is 0.283 bits per heavy atom. The topological polar surface area (TPSA) is 0 Å². The van der Waals surface area contributed by atoms with Crippen LogP contribution in [0.3, 0.4) is 0 Å². The number of rotatable bonds is 9. The zero-order valence-corrected chi connectivity index (χ0v) is 62.4. The van der Waals surface area contributed by atoms with Crippen LogP contribution in [0.25, 0.3) is 123 Å². The normalized spacial score (nSPS) is 18.9. The van der Waals surface area contributed by atoms with E-state index in [0.717, 1.165) is 6.42 Å². The predicted octanol–water partition coefficient (Wildman–Crippen LogP) is 28.0. The van der Waals surface area contributed by atoms with Crippen molar-refractivity contribution in [1.82, 2.24) is 0 Å². The van der Waals surface area contributed by atoms with Crippen LogP contribution >= 0.6 is 0 Å². The van der Waals surface area contributed by atoms with Crippen LogP contribution in [0.2, 0.25) is 0 Å². The molecule has 11 aromatic carbocycles. The minimum atomic E-state index is -0.171. The van der Waals surface area contributed by atoms with E-state index < -0.39 is 0 Å². The molecule has 3 unspecified atom stereocenters. The van der Waals surface area contributed by atoms with Gasteiger partial charge in [0.15, 0.2) is 0 Å². The van der Waals surface area contributed by atoms with Gasteiger partial charge in [0.05, 0.1) is 0 Å². The summed E-state index contributed by atoms with van der Waals surface area (Å²) >= 11 is 0. The van der Waals surface area contributed by atoms with Gasteiger partial charge in [0.2, 0.25) is 0 Å². The van der Waals surface area contributed by atoms with Gasteiger partial charge in [0.1, 0.15) is 0 Å². The molecule has 0 spiro atoms. The molecule has 0 fully saturated rings. The summed E-state index contributed by atoms with van der Waals surface area (Å²) in [6.45, 7) is 23.6. The second-order valence-electron chi connectivity index (χ2n) is 34.3. The standard InChI is InChI=1S/C106H86/c1-103(2,3)85-55-81-37-35-75-39-47-87(93-53-45-83(57-85)99(81)101(75)93)73-31-27-69(28-32-73)65-15-11-63(12-16-65)67-19-23-71(24-20-67)77-41-49-89-91-51-43-79(61-97(91)105(7,8)95(89)59-77)80-44-52-92-90-50-42-78(60-96(90)106(9,10)98(92)62-80)72-25-21-68(22-26-72)64-13-17-66(18-14-64)70-29-33-74(34-30-70)88-48-40-76-36-38-82-56-86(104(4,5)6)58-84-46-54-94(88)102(76)100(82)84/h11-53,55-62,99-101H,54H2,1-10H3. The molecule has 0 heteroatoms. The zero-order chi connectivity index (χ0) is 71.9. The number of hydrogen-bond donors (Lipinski definition) is 0. The maximum absolute atomic E-state index is 2.49. The van der Waals surface area contributed by atoms with Crippen molar-refractivity contribution in [1.29, 1.82) is 0 Å². The molecular weight excluding hydrogens is 1270 g/mol. The van der Waals surface area contributed by atoms with E-state index in [4.69, 9.17) is 0 Å². The molecular formula is C106H86. The monoisotopic (exact) mass is 1360 g/mol. The van der Waals surface area contributed by atoms with E-state index in [1.165, 1.54) is 206 Å². The molecule has 0 aliphatic heterocycles. The lowest BCUT2D eigenvalue weighted by atomic mass is 9.61. The Hall–Kier alpha value is -11.4. The van der Waals surface area contributed by atoms with E-state index in [0.29, 0.717) is 17.8 Å². The lowest BCUT2D eigenvalue weighted by Crippen LogP contribution is -2.30.